The van der Waals surface area contributed by atoms with Gasteiger partial charge in [0.1, 0.15) is 5.75 Å². The van der Waals surface area contributed by atoms with Crippen LogP contribution in [0.15, 0.2) is 24.3 Å². The predicted molar refractivity (Wildman–Crippen MR) is 82.0 cm³/mol. The van der Waals surface area contributed by atoms with Crippen molar-refractivity contribution in [3.63, 3.8) is 0 Å². The van der Waals surface area contributed by atoms with Crippen molar-refractivity contribution in [1.29, 1.82) is 0 Å². The van der Waals surface area contributed by atoms with Gasteiger partial charge in [-0.3, -0.25) is 0 Å². The van der Waals surface area contributed by atoms with Crippen LogP contribution in [0, 0.1) is 5.92 Å². The van der Waals surface area contributed by atoms with Crippen molar-refractivity contribution >= 4 is 0 Å². The van der Waals surface area contributed by atoms with Gasteiger partial charge in [-0.05, 0) is 56.7 Å². The zero-order chi connectivity index (χ0) is 14.5. The van der Waals surface area contributed by atoms with Gasteiger partial charge in [0.15, 0.2) is 0 Å². The second-order valence-corrected chi connectivity index (χ2v) is 6.01. The maximum atomic E-state index is 10.2. The summed E-state index contributed by atoms with van der Waals surface area (Å²) in [6.45, 7) is 6.85. The van der Waals surface area contributed by atoms with Crippen molar-refractivity contribution in [3.05, 3.63) is 29.8 Å². The van der Waals surface area contributed by atoms with Gasteiger partial charge in [-0.1, -0.05) is 19.1 Å². The lowest BCUT2D eigenvalue weighted by Gasteiger charge is -2.19. The molecule has 20 heavy (non-hydrogen) atoms. The van der Waals surface area contributed by atoms with E-state index in [2.05, 4.69) is 12.2 Å². The second-order valence-electron chi connectivity index (χ2n) is 6.01. The first-order valence-electron chi connectivity index (χ1n) is 7.78. The van der Waals surface area contributed by atoms with Gasteiger partial charge in [-0.25, -0.2) is 0 Å². The summed E-state index contributed by atoms with van der Waals surface area (Å²) in [7, 11) is 0. The van der Waals surface area contributed by atoms with Crippen molar-refractivity contribution < 1.29 is 9.84 Å². The van der Waals surface area contributed by atoms with Gasteiger partial charge in [-0.2, -0.15) is 0 Å². The number of ether oxygens (including phenoxy) is 1. The number of aliphatic hydroxyl groups excluding tert-OH is 1. The molecule has 0 radical (unpaired) electrons. The number of benzene rings is 1. The van der Waals surface area contributed by atoms with E-state index < -0.39 is 6.10 Å². The van der Waals surface area contributed by atoms with Crippen LogP contribution in [0.4, 0.5) is 0 Å². The fourth-order valence-electron chi connectivity index (χ4n) is 2.56. The molecule has 0 aliphatic heterocycles. The van der Waals surface area contributed by atoms with Crippen LogP contribution in [0.25, 0.3) is 0 Å². The number of hydrogen-bond acceptors (Lipinski definition) is 3. The van der Waals surface area contributed by atoms with E-state index in [4.69, 9.17) is 4.74 Å². The van der Waals surface area contributed by atoms with Gasteiger partial charge in [0.2, 0.25) is 0 Å². The number of aliphatic hydroxyl groups is 1. The lowest BCUT2D eigenvalue weighted by molar-refractivity contribution is 0.167. The number of rotatable bonds is 8. The summed E-state index contributed by atoms with van der Waals surface area (Å²) in [6.07, 6.45) is 3.54. The normalized spacial score (nSPS) is 18.1. The quantitative estimate of drug-likeness (QED) is 0.766. The molecule has 1 aliphatic rings. The van der Waals surface area contributed by atoms with E-state index in [1.165, 1.54) is 12.8 Å². The zero-order valence-electron chi connectivity index (χ0n) is 12.8. The molecule has 2 atom stereocenters. The Morgan fingerprint density at radius 2 is 1.90 bits per heavy atom. The van der Waals surface area contributed by atoms with Crippen LogP contribution in [0.1, 0.15) is 51.7 Å². The fraction of sp³-hybridized carbons (Fsp3) is 0.647. The molecule has 0 bridgehead atoms. The molecule has 3 nitrogen and oxygen atoms in total. The Labute approximate surface area is 122 Å². The highest BCUT2D eigenvalue weighted by Gasteiger charge is 2.29. The van der Waals surface area contributed by atoms with Gasteiger partial charge >= 0.3 is 0 Å². The smallest absolute Gasteiger partial charge is 0.119 e. The topological polar surface area (TPSA) is 41.5 Å². The molecule has 3 heteroatoms. The van der Waals surface area contributed by atoms with Gasteiger partial charge in [0.25, 0.3) is 0 Å². The lowest BCUT2D eigenvalue weighted by Crippen LogP contribution is -2.33. The second kappa shape index (κ2) is 7.09. The van der Waals surface area contributed by atoms with E-state index in [9.17, 15) is 5.11 Å². The third-order valence-corrected chi connectivity index (χ3v) is 3.84. The molecule has 2 N–H and O–H groups in total. The molecule has 0 saturated heterocycles. The van der Waals surface area contributed by atoms with Crippen LogP contribution in [0.5, 0.6) is 5.75 Å². The molecule has 112 valence electrons. The molecule has 1 aromatic rings. The number of nitrogens with one attached hydrogen (secondary N) is 1. The SMILES string of the molecule is CCC(NCC(O)c1ccc(OC(C)C)cc1)C1CC1. The molecule has 1 saturated carbocycles. The molecule has 1 aromatic carbocycles. The third-order valence-electron chi connectivity index (χ3n) is 3.84. The molecule has 0 amide bonds. The van der Waals surface area contributed by atoms with Crippen LogP contribution < -0.4 is 10.1 Å². The third kappa shape index (κ3) is 4.50. The minimum absolute atomic E-state index is 0.177. The summed E-state index contributed by atoms with van der Waals surface area (Å²) < 4.78 is 5.61. The average molecular weight is 277 g/mol. The van der Waals surface area contributed by atoms with E-state index in [0.29, 0.717) is 12.6 Å². The van der Waals surface area contributed by atoms with Gasteiger partial charge in [-0.15, -0.1) is 0 Å². The predicted octanol–water partition coefficient (Wildman–Crippen LogP) is 3.29. The molecular weight excluding hydrogens is 250 g/mol. The van der Waals surface area contributed by atoms with Gasteiger partial charge in [0, 0.05) is 12.6 Å². The van der Waals surface area contributed by atoms with E-state index >= 15 is 0 Å². The lowest BCUT2D eigenvalue weighted by atomic mass is 10.1. The molecular formula is C17H27NO2. The van der Waals surface area contributed by atoms with Crippen molar-refractivity contribution in [3.8, 4) is 5.75 Å². The maximum absolute atomic E-state index is 10.2. The van der Waals surface area contributed by atoms with E-state index in [1.807, 2.05) is 38.1 Å². The minimum atomic E-state index is -0.448. The molecule has 0 heterocycles. The Morgan fingerprint density at radius 3 is 2.40 bits per heavy atom. The van der Waals surface area contributed by atoms with E-state index in [0.717, 1.165) is 23.7 Å². The Balaban J connectivity index is 1.83. The largest absolute Gasteiger partial charge is 0.491 e. The molecule has 0 aromatic heterocycles. The first-order valence-corrected chi connectivity index (χ1v) is 7.78. The minimum Gasteiger partial charge on any atom is -0.491 e. The molecule has 1 aliphatic carbocycles. The van der Waals surface area contributed by atoms with Crippen LogP contribution in [-0.4, -0.2) is 23.8 Å². The van der Waals surface area contributed by atoms with Crippen molar-refractivity contribution in [2.45, 2.75) is 58.3 Å². The van der Waals surface area contributed by atoms with Gasteiger partial charge in [0.05, 0.1) is 12.2 Å². The summed E-state index contributed by atoms with van der Waals surface area (Å²) >= 11 is 0. The van der Waals surface area contributed by atoms with E-state index in [1.54, 1.807) is 0 Å². The fourth-order valence-corrected chi connectivity index (χ4v) is 2.56. The summed E-state index contributed by atoms with van der Waals surface area (Å²) in [5, 5.41) is 13.7. The molecule has 0 spiro atoms. The summed E-state index contributed by atoms with van der Waals surface area (Å²) in [4.78, 5) is 0. The van der Waals surface area contributed by atoms with Crippen molar-refractivity contribution in [2.24, 2.45) is 5.92 Å². The van der Waals surface area contributed by atoms with Crippen LogP contribution >= 0.6 is 0 Å². The van der Waals surface area contributed by atoms with Gasteiger partial charge < -0.3 is 15.2 Å². The Hall–Kier alpha value is -1.06. The Morgan fingerprint density at radius 1 is 1.25 bits per heavy atom. The molecule has 2 rings (SSSR count). The Kier molecular flexibility index (Phi) is 5.44. The van der Waals surface area contributed by atoms with Crippen LogP contribution in [-0.2, 0) is 0 Å². The Bertz CT molecular complexity index is 398. The summed E-state index contributed by atoms with van der Waals surface area (Å²) in [6, 6.07) is 8.31. The standard InChI is InChI=1S/C17H27NO2/c1-4-16(13-5-6-13)18-11-17(19)14-7-9-15(10-8-14)20-12(2)3/h7-10,12-13,16-19H,4-6,11H2,1-3H3. The highest BCUT2D eigenvalue weighted by molar-refractivity contribution is 5.28. The number of hydrogen-bond donors (Lipinski definition) is 2. The van der Waals surface area contributed by atoms with E-state index in [-0.39, 0.29) is 6.10 Å². The van der Waals surface area contributed by atoms with Crippen LogP contribution in [0.3, 0.4) is 0 Å². The van der Waals surface area contributed by atoms with Crippen LogP contribution in [0.2, 0.25) is 0 Å². The zero-order valence-corrected chi connectivity index (χ0v) is 12.8. The molecule has 2 unspecified atom stereocenters. The summed E-state index contributed by atoms with van der Waals surface area (Å²) in [5.41, 5.74) is 0.944. The van der Waals surface area contributed by atoms with Crippen molar-refractivity contribution in [2.75, 3.05) is 6.54 Å². The highest BCUT2D eigenvalue weighted by atomic mass is 16.5. The monoisotopic (exact) mass is 277 g/mol. The van der Waals surface area contributed by atoms with Crippen molar-refractivity contribution in [1.82, 2.24) is 5.32 Å². The first kappa shape index (κ1) is 15.3. The highest BCUT2D eigenvalue weighted by Crippen LogP contribution is 2.34. The first-order chi connectivity index (χ1) is 9.60. The maximum Gasteiger partial charge on any atom is 0.119 e. The summed E-state index contributed by atoms with van der Waals surface area (Å²) in [5.74, 6) is 1.68. The molecule has 1 fully saturated rings. The average Bonchev–Trinajstić information content (AvgIpc) is 3.24.